The standard InChI is InChI=1S/C16H21N3O2/c1-21-14(20)10-19-13-9-5-8-12(17)15(13)18-16(19)11-6-3-2-4-7-11/h5,8-9,11H,2-4,6-7,10,17H2,1H3. The van der Waals surface area contributed by atoms with Gasteiger partial charge < -0.3 is 15.0 Å². The van der Waals surface area contributed by atoms with Crippen molar-refractivity contribution >= 4 is 22.7 Å². The lowest BCUT2D eigenvalue weighted by Crippen LogP contribution is -2.17. The predicted octanol–water partition coefficient (Wildman–Crippen LogP) is 2.84. The second-order valence-corrected chi connectivity index (χ2v) is 5.68. The Morgan fingerprint density at radius 3 is 2.86 bits per heavy atom. The van der Waals surface area contributed by atoms with Crippen molar-refractivity contribution in [1.82, 2.24) is 9.55 Å². The molecule has 1 saturated carbocycles. The van der Waals surface area contributed by atoms with E-state index in [0.717, 1.165) is 29.7 Å². The van der Waals surface area contributed by atoms with Crippen molar-refractivity contribution in [2.75, 3.05) is 12.8 Å². The molecule has 1 aliphatic rings. The SMILES string of the molecule is COC(=O)Cn1c(C2CCCCC2)nc2c(N)cccc21. The first-order valence-electron chi connectivity index (χ1n) is 7.52. The summed E-state index contributed by atoms with van der Waals surface area (Å²) in [7, 11) is 1.41. The average molecular weight is 287 g/mol. The smallest absolute Gasteiger partial charge is 0.325 e. The third-order valence-corrected chi connectivity index (χ3v) is 4.32. The molecule has 1 heterocycles. The van der Waals surface area contributed by atoms with Crippen molar-refractivity contribution in [3.05, 3.63) is 24.0 Å². The molecule has 2 N–H and O–H groups in total. The Labute approximate surface area is 124 Å². The van der Waals surface area contributed by atoms with Crippen LogP contribution in [0.4, 0.5) is 5.69 Å². The molecule has 1 aromatic heterocycles. The van der Waals surface area contributed by atoms with Crippen molar-refractivity contribution < 1.29 is 9.53 Å². The molecule has 0 aliphatic heterocycles. The van der Waals surface area contributed by atoms with Gasteiger partial charge in [-0.3, -0.25) is 4.79 Å². The van der Waals surface area contributed by atoms with Crippen molar-refractivity contribution in [2.24, 2.45) is 0 Å². The van der Waals surface area contributed by atoms with E-state index in [4.69, 9.17) is 15.5 Å². The van der Waals surface area contributed by atoms with Gasteiger partial charge in [-0.1, -0.05) is 25.3 Å². The molecule has 5 nitrogen and oxygen atoms in total. The molecule has 0 bridgehead atoms. The largest absolute Gasteiger partial charge is 0.468 e. The van der Waals surface area contributed by atoms with E-state index < -0.39 is 0 Å². The number of rotatable bonds is 3. The number of nitrogens with two attached hydrogens (primary N) is 1. The molecule has 2 aromatic rings. The van der Waals surface area contributed by atoms with Gasteiger partial charge in [0.25, 0.3) is 0 Å². The number of aromatic nitrogens is 2. The van der Waals surface area contributed by atoms with E-state index in [1.165, 1.54) is 26.4 Å². The van der Waals surface area contributed by atoms with Gasteiger partial charge in [0.05, 0.1) is 18.3 Å². The first-order valence-corrected chi connectivity index (χ1v) is 7.52. The molecule has 0 spiro atoms. The Hall–Kier alpha value is -2.04. The minimum absolute atomic E-state index is 0.197. The molecule has 0 radical (unpaired) electrons. The highest BCUT2D eigenvalue weighted by Gasteiger charge is 2.24. The summed E-state index contributed by atoms with van der Waals surface area (Å²) in [4.78, 5) is 16.5. The van der Waals surface area contributed by atoms with Crippen LogP contribution in [0.5, 0.6) is 0 Å². The molecule has 21 heavy (non-hydrogen) atoms. The number of nitrogens with zero attached hydrogens (tertiary/aromatic N) is 2. The summed E-state index contributed by atoms with van der Waals surface area (Å²) in [6.45, 7) is 0.197. The Morgan fingerprint density at radius 2 is 2.14 bits per heavy atom. The van der Waals surface area contributed by atoms with E-state index >= 15 is 0 Å². The van der Waals surface area contributed by atoms with Crippen LogP contribution in [0.15, 0.2) is 18.2 Å². The Balaban J connectivity index is 2.09. The van der Waals surface area contributed by atoms with Gasteiger partial charge in [-0.2, -0.15) is 0 Å². The van der Waals surface area contributed by atoms with Gasteiger partial charge >= 0.3 is 5.97 Å². The number of ether oxygens (including phenoxy) is 1. The van der Waals surface area contributed by atoms with Gasteiger partial charge in [-0.15, -0.1) is 0 Å². The number of para-hydroxylation sites is 1. The van der Waals surface area contributed by atoms with Crippen LogP contribution in [0.25, 0.3) is 11.0 Å². The van der Waals surface area contributed by atoms with E-state index in [0.29, 0.717) is 11.6 Å². The van der Waals surface area contributed by atoms with E-state index in [1.807, 2.05) is 22.8 Å². The van der Waals surface area contributed by atoms with E-state index in [9.17, 15) is 4.79 Å². The Morgan fingerprint density at radius 1 is 1.38 bits per heavy atom. The first kappa shape index (κ1) is 13.9. The first-order chi connectivity index (χ1) is 10.2. The number of carbonyl (C=O) groups excluding carboxylic acids is 1. The fourth-order valence-corrected chi connectivity index (χ4v) is 3.22. The highest BCUT2D eigenvalue weighted by Crippen LogP contribution is 2.34. The monoisotopic (exact) mass is 287 g/mol. The summed E-state index contributed by atoms with van der Waals surface area (Å²) in [6, 6.07) is 5.72. The molecule has 1 fully saturated rings. The maximum atomic E-state index is 11.7. The molecule has 3 rings (SSSR count). The Bertz CT molecular complexity index is 657. The van der Waals surface area contributed by atoms with Gasteiger partial charge in [0.1, 0.15) is 17.9 Å². The summed E-state index contributed by atoms with van der Waals surface area (Å²) in [5.41, 5.74) is 8.41. The lowest BCUT2D eigenvalue weighted by molar-refractivity contribution is -0.141. The summed E-state index contributed by atoms with van der Waals surface area (Å²) >= 11 is 0. The van der Waals surface area contributed by atoms with Crippen LogP contribution in [-0.4, -0.2) is 22.6 Å². The molecule has 5 heteroatoms. The average Bonchev–Trinajstić information content (AvgIpc) is 2.88. The molecule has 0 atom stereocenters. The number of anilines is 1. The minimum atomic E-state index is -0.256. The van der Waals surface area contributed by atoms with Crippen molar-refractivity contribution in [3.63, 3.8) is 0 Å². The maximum Gasteiger partial charge on any atom is 0.325 e. The molecule has 0 unspecified atom stereocenters. The van der Waals surface area contributed by atoms with Crippen LogP contribution in [0.1, 0.15) is 43.8 Å². The fraction of sp³-hybridized carbons (Fsp3) is 0.500. The number of carbonyl (C=O) groups is 1. The summed E-state index contributed by atoms with van der Waals surface area (Å²) < 4.78 is 6.81. The van der Waals surface area contributed by atoms with Gasteiger partial charge in [0.2, 0.25) is 0 Å². The molecule has 0 saturated heterocycles. The second-order valence-electron chi connectivity index (χ2n) is 5.68. The van der Waals surface area contributed by atoms with Gasteiger partial charge in [0.15, 0.2) is 0 Å². The zero-order valence-electron chi connectivity index (χ0n) is 12.3. The van der Waals surface area contributed by atoms with Gasteiger partial charge in [-0.25, -0.2) is 4.98 Å². The zero-order valence-corrected chi connectivity index (χ0v) is 12.3. The lowest BCUT2D eigenvalue weighted by atomic mass is 9.88. The van der Waals surface area contributed by atoms with Crippen LogP contribution < -0.4 is 5.73 Å². The fourth-order valence-electron chi connectivity index (χ4n) is 3.22. The van der Waals surface area contributed by atoms with Crippen molar-refractivity contribution in [2.45, 2.75) is 44.6 Å². The molecule has 1 aromatic carbocycles. The zero-order chi connectivity index (χ0) is 14.8. The normalized spacial score (nSPS) is 16.2. The van der Waals surface area contributed by atoms with Crippen molar-refractivity contribution in [3.8, 4) is 0 Å². The highest BCUT2D eigenvalue weighted by atomic mass is 16.5. The highest BCUT2D eigenvalue weighted by molar-refractivity contribution is 5.88. The topological polar surface area (TPSA) is 70.1 Å². The van der Waals surface area contributed by atoms with Crippen LogP contribution in [0, 0.1) is 0 Å². The molecule has 0 amide bonds. The number of fused-ring (bicyclic) bond motifs is 1. The third-order valence-electron chi connectivity index (χ3n) is 4.32. The number of benzene rings is 1. The number of nitrogen functional groups attached to an aromatic ring is 1. The summed E-state index contributed by atoms with van der Waals surface area (Å²) in [6.07, 6.45) is 5.99. The van der Waals surface area contributed by atoms with Crippen LogP contribution in [0.3, 0.4) is 0 Å². The maximum absolute atomic E-state index is 11.7. The van der Waals surface area contributed by atoms with Gasteiger partial charge in [-0.05, 0) is 25.0 Å². The predicted molar refractivity (Wildman–Crippen MR) is 82.0 cm³/mol. The second kappa shape index (κ2) is 5.76. The van der Waals surface area contributed by atoms with Crippen LogP contribution >= 0.6 is 0 Å². The number of hydrogen-bond donors (Lipinski definition) is 1. The van der Waals surface area contributed by atoms with E-state index in [1.54, 1.807) is 0 Å². The minimum Gasteiger partial charge on any atom is -0.468 e. The quantitative estimate of drug-likeness (QED) is 0.696. The van der Waals surface area contributed by atoms with Crippen LogP contribution in [-0.2, 0) is 16.1 Å². The third kappa shape index (κ3) is 2.60. The lowest BCUT2D eigenvalue weighted by Gasteiger charge is -2.22. The van der Waals surface area contributed by atoms with E-state index in [2.05, 4.69) is 0 Å². The molecular weight excluding hydrogens is 266 g/mol. The number of esters is 1. The number of hydrogen-bond acceptors (Lipinski definition) is 4. The van der Waals surface area contributed by atoms with E-state index in [-0.39, 0.29) is 12.5 Å². The van der Waals surface area contributed by atoms with Gasteiger partial charge in [0, 0.05) is 5.92 Å². The van der Waals surface area contributed by atoms with Crippen molar-refractivity contribution in [1.29, 1.82) is 0 Å². The summed E-state index contributed by atoms with van der Waals surface area (Å²) in [5, 5.41) is 0. The Kier molecular flexibility index (Phi) is 3.82. The summed E-state index contributed by atoms with van der Waals surface area (Å²) in [5.74, 6) is 1.14. The van der Waals surface area contributed by atoms with Crippen LogP contribution in [0.2, 0.25) is 0 Å². The number of imidazole rings is 1. The molecule has 1 aliphatic carbocycles. The number of methoxy groups -OCH3 is 1. The molecular formula is C16H21N3O2. The molecule has 112 valence electrons.